The lowest BCUT2D eigenvalue weighted by atomic mass is 9.98. The largest absolute Gasteiger partial charge is 0.506 e. The number of carbonyl (C=O) groups is 1. The SMILES string of the molecule is O=C(c1ccc(O)c(Cl)c1)c1cccc(Cl)c1C(F)(F)F. The molecule has 0 heterocycles. The molecule has 110 valence electrons. The number of rotatable bonds is 2. The summed E-state index contributed by atoms with van der Waals surface area (Å²) < 4.78 is 39.1. The Morgan fingerprint density at radius 2 is 1.71 bits per heavy atom. The Labute approximate surface area is 127 Å². The number of aromatic hydroxyl groups is 1. The number of halogens is 5. The minimum atomic E-state index is -4.76. The van der Waals surface area contributed by atoms with Crippen LogP contribution >= 0.6 is 23.2 Å². The Morgan fingerprint density at radius 3 is 2.29 bits per heavy atom. The molecule has 0 unspecified atom stereocenters. The maximum Gasteiger partial charge on any atom is 0.418 e. The van der Waals surface area contributed by atoms with Crippen molar-refractivity contribution in [2.24, 2.45) is 0 Å². The number of hydrogen-bond acceptors (Lipinski definition) is 2. The van der Waals surface area contributed by atoms with Gasteiger partial charge in [0.05, 0.1) is 15.6 Å². The van der Waals surface area contributed by atoms with Gasteiger partial charge < -0.3 is 5.11 Å². The van der Waals surface area contributed by atoms with Gasteiger partial charge in [0, 0.05) is 11.1 Å². The van der Waals surface area contributed by atoms with Gasteiger partial charge in [-0.25, -0.2) is 0 Å². The van der Waals surface area contributed by atoms with Gasteiger partial charge in [0.25, 0.3) is 0 Å². The third-order valence-corrected chi connectivity index (χ3v) is 3.37. The van der Waals surface area contributed by atoms with E-state index in [1.165, 1.54) is 12.1 Å². The summed E-state index contributed by atoms with van der Waals surface area (Å²) in [6, 6.07) is 6.77. The normalized spacial score (nSPS) is 11.5. The zero-order chi connectivity index (χ0) is 15.8. The predicted molar refractivity (Wildman–Crippen MR) is 73.0 cm³/mol. The first-order chi connectivity index (χ1) is 9.71. The van der Waals surface area contributed by atoms with Gasteiger partial charge in [0.2, 0.25) is 0 Å². The van der Waals surface area contributed by atoms with Gasteiger partial charge in [-0.15, -0.1) is 0 Å². The van der Waals surface area contributed by atoms with E-state index in [0.717, 1.165) is 24.3 Å². The lowest BCUT2D eigenvalue weighted by Crippen LogP contribution is -2.14. The average molecular weight is 335 g/mol. The van der Waals surface area contributed by atoms with E-state index in [-0.39, 0.29) is 16.3 Å². The van der Waals surface area contributed by atoms with Gasteiger partial charge in [-0.3, -0.25) is 4.79 Å². The second-order valence-corrected chi connectivity index (χ2v) is 4.97. The second-order valence-electron chi connectivity index (χ2n) is 4.16. The molecule has 0 spiro atoms. The van der Waals surface area contributed by atoms with Crippen molar-refractivity contribution in [1.82, 2.24) is 0 Å². The first kappa shape index (κ1) is 15.7. The van der Waals surface area contributed by atoms with E-state index >= 15 is 0 Å². The van der Waals surface area contributed by atoms with Crippen molar-refractivity contribution in [2.75, 3.05) is 0 Å². The van der Waals surface area contributed by atoms with Crippen LogP contribution in [0.4, 0.5) is 13.2 Å². The first-order valence-electron chi connectivity index (χ1n) is 5.60. The van der Waals surface area contributed by atoms with Crippen molar-refractivity contribution in [1.29, 1.82) is 0 Å². The summed E-state index contributed by atoms with van der Waals surface area (Å²) in [5.41, 5.74) is -1.84. The number of phenolic OH excluding ortho intramolecular Hbond substituents is 1. The predicted octanol–water partition coefficient (Wildman–Crippen LogP) is 4.95. The minimum absolute atomic E-state index is 0.0782. The highest BCUT2D eigenvalue weighted by atomic mass is 35.5. The lowest BCUT2D eigenvalue weighted by molar-refractivity contribution is -0.137. The summed E-state index contributed by atoms with van der Waals surface area (Å²) in [6.07, 6.45) is -4.76. The molecule has 0 saturated heterocycles. The smallest absolute Gasteiger partial charge is 0.418 e. The number of carbonyl (C=O) groups excluding carboxylic acids is 1. The van der Waals surface area contributed by atoms with E-state index in [1.54, 1.807) is 0 Å². The maximum atomic E-state index is 13.0. The molecule has 0 bridgehead atoms. The fraction of sp³-hybridized carbons (Fsp3) is 0.0714. The second kappa shape index (κ2) is 5.58. The summed E-state index contributed by atoms with van der Waals surface area (Å²) in [7, 11) is 0. The molecule has 2 nitrogen and oxygen atoms in total. The third-order valence-electron chi connectivity index (χ3n) is 2.75. The van der Waals surface area contributed by atoms with Gasteiger partial charge in [-0.2, -0.15) is 13.2 Å². The fourth-order valence-electron chi connectivity index (χ4n) is 1.81. The van der Waals surface area contributed by atoms with Crippen molar-refractivity contribution < 1.29 is 23.1 Å². The molecule has 0 aromatic heterocycles. The summed E-state index contributed by atoms with van der Waals surface area (Å²) in [6.45, 7) is 0. The standard InChI is InChI=1S/C14H7Cl2F3O2/c15-9-3-1-2-8(12(9)14(17,18)19)13(21)7-4-5-11(20)10(16)6-7/h1-6,20H. The summed E-state index contributed by atoms with van der Waals surface area (Å²) in [5, 5.41) is 8.59. The van der Waals surface area contributed by atoms with E-state index in [4.69, 9.17) is 23.2 Å². The number of alkyl halides is 3. The molecular weight excluding hydrogens is 328 g/mol. The zero-order valence-electron chi connectivity index (χ0n) is 10.2. The van der Waals surface area contributed by atoms with Gasteiger partial charge in [0.15, 0.2) is 5.78 Å². The zero-order valence-corrected chi connectivity index (χ0v) is 11.7. The summed E-state index contributed by atoms with van der Waals surface area (Å²) in [4.78, 5) is 12.2. The molecule has 0 radical (unpaired) electrons. The quantitative estimate of drug-likeness (QED) is 0.789. The van der Waals surface area contributed by atoms with Crippen LogP contribution in [0.1, 0.15) is 21.5 Å². The van der Waals surface area contributed by atoms with Crippen LogP contribution in [0.5, 0.6) is 5.75 Å². The summed E-state index contributed by atoms with van der Waals surface area (Å²) in [5.74, 6) is -1.15. The molecule has 0 saturated carbocycles. The molecule has 21 heavy (non-hydrogen) atoms. The Morgan fingerprint density at radius 1 is 1.05 bits per heavy atom. The molecular formula is C14H7Cl2F3O2. The Kier molecular flexibility index (Phi) is 4.16. The van der Waals surface area contributed by atoms with Gasteiger partial charge in [0.1, 0.15) is 5.75 Å². The van der Waals surface area contributed by atoms with Gasteiger partial charge >= 0.3 is 6.18 Å². The van der Waals surface area contributed by atoms with Crippen LogP contribution in [-0.2, 0) is 6.18 Å². The molecule has 7 heteroatoms. The third kappa shape index (κ3) is 3.14. The van der Waals surface area contributed by atoms with Crippen molar-refractivity contribution in [3.63, 3.8) is 0 Å². The van der Waals surface area contributed by atoms with E-state index < -0.39 is 28.1 Å². The van der Waals surface area contributed by atoms with Crippen LogP contribution in [0.25, 0.3) is 0 Å². The van der Waals surface area contributed by atoms with Crippen molar-refractivity contribution in [3.05, 3.63) is 63.1 Å². The number of hydrogen-bond donors (Lipinski definition) is 1. The van der Waals surface area contributed by atoms with Crippen LogP contribution in [0, 0.1) is 0 Å². The van der Waals surface area contributed by atoms with Crippen LogP contribution in [0.3, 0.4) is 0 Å². The fourth-order valence-corrected chi connectivity index (χ4v) is 2.27. The van der Waals surface area contributed by atoms with Crippen LogP contribution in [-0.4, -0.2) is 10.9 Å². The number of ketones is 1. The van der Waals surface area contributed by atoms with E-state index in [9.17, 15) is 23.1 Å². The monoisotopic (exact) mass is 334 g/mol. The first-order valence-corrected chi connectivity index (χ1v) is 6.36. The molecule has 1 N–H and O–H groups in total. The van der Waals surface area contributed by atoms with Crippen LogP contribution < -0.4 is 0 Å². The highest BCUT2D eigenvalue weighted by Crippen LogP contribution is 2.38. The van der Waals surface area contributed by atoms with Gasteiger partial charge in [-0.1, -0.05) is 35.3 Å². The molecule has 0 amide bonds. The van der Waals surface area contributed by atoms with Gasteiger partial charge in [-0.05, 0) is 24.3 Å². The van der Waals surface area contributed by atoms with Crippen molar-refractivity contribution >= 4 is 29.0 Å². The molecule has 2 aromatic rings. The summed E-state index contributed by atoms with van der Waals surface area (Å²) >= 11 is 11.2. The Hall–Kier alpha value is -1.72. The topological polar surface area (TPSA) is 37.3 Å². The minimum Gasteiger partial charge on any atom is -0.506 e. The molecule has 0 atom stereocenters. The molecule has 0 aliphatic heterocycles. The molecule has 0 aliphatic carbocycles. The molecule has 2 rings (SSSR count). The van der Waals surface area contributed by atoms with E-state index in [2.05, 4.69) is 0 Å². The molecule has 0 fully saturated rings. The average Bonchev–Trinajstić information content (AvgIpc) is 2.39. The lowest BCUT2D eigenvalue weighted by Gasteiger charge is -2.14. The van der Waals surface area contributed by atoms with Crippen LogP contribution in [0.2, 0.25) is 10.0 Å². The Balaban J connectivity index is 2.59. The van der Waals surface area contributed by atoms with Crippen LogP contribution in [0.15, 0.2) is 36.4 Å². The highest BCUT2D eigenvalue weighted by Gasteiger charge is 2.37. The van der Waals surface area contributed by atoms with E-state index in [1.807, 2.05) is 0 Å². The van der Waals surface area contributed by atoms with E-state index in [0.29, 0.717) is 0 Å². The number of benzene rings is 2. The highest BCUT2D eigenvalue weighted by molar-refractivity contribution is 6.33. The Bertz CT molecular complexity index is 712. The maximum absolute atomic E-state index is 13.0. The van der Waals surface area contributed by atoms with Crippen molar-refractivity contribution in [2.45, 2.75) is 6.18 Å². The van der Waals surface area contributed by atoms with Crippen molar-refractivity contribution in [3.8, 4) is 5.75 Å². The number of phenols is 1. The molecule has 2 aromatic carbocycles. The molecule has 0 aliphatic rings.